The fourth-order valence-corrected chi connectivity index (χ4v) is 4.33. The third kappa shape index (κ3) is 2.83. The van der Waals surface area contributed by atoms with Gasteiger partial charge in [-0.15, -0.1) is 22.7 Å². The Balaban J connectivity index is 2.09. The zero-order valence-corrected chi connectivity index (χ0v) is 14.8. The lowest BCUT2D eigenvalue weighted by molar-refractivity contribution is -0.150. The van der Waals surface area contributed by atoms with Crippen molar-refractivity contribution < 1.29 is 19.1 Å². The molecule has 2 aromatic heterocycles. The van der Waals surface area contributed by atoms with Crippen molar-refractivity contribution in [3.8, 4) is 0 Å². The fraction of sp³-hybridized carbons (Fsp3) is 0.250. The first-order valence-corrected chi connectivity index (χ1v) is 8.88. The van der Waals surface area contributed by atoms with Crippen molar-refractivity contribution in [2.45, 2.75) is 12.0 Å². The van der Waals surface area contributed by atoms with Crippen molar-refractivity contribution >= 4 is 40.7 Å². The largest absolute Gasteiger partial charge is 0.467 e. The molecule has 0 spiro atoms. The molecule has 126 valence electrons. The molecule has 24 heavy (non-hydrogen) atoms. The van der Waals surface area contributed by atoms with E-state index in [1.165, 1.54) is 25.6 Å². The van der Waals surface area contributed by atoms with E-state index >= 15 is 0 Å². The number of rotatable bonds is 4. The Morgan fingerprint density at radius 1 is 1.17 bits per heavy atom. The molecule has 0 aromatic carbocycles. The van der Waals surface area contributed by atoms with Gasteiger partial charge in [0.15, 0.2) is 5.54 Å². The number of carbonyl (C=O) groups is 2. The first kappa shape index (κ1) is 16.7. The number of fused-ring (bicyclic) bond motifs is 1. The van der Waals surface area contributed by atoms with Crippen LogP contribution in [0.5, 0.6) is 0 Å². The molecule has 0 radical (unpaired) electrons. The van der Waals surface area contributed by atoms with Gasteiger partial charge < -0.3 is 14.9 Å². The Hall–Kier alpha value is -2.16. The molecule has 6 nitrogen and oxygen atoms in total. The van der Waals surface area contributed by atoms with Crippen molar-refractivity contribution in [3.05, 3.63) is 50.0 Å². The number of carbonyl (C=O) groups excluding carboxylic acids is 2. The molecule has 0 bridgehead atoms. The molecule has 0 saturated heterocycles. The molecule has 2 N–H and O–H groups in total. The average Bonchev–Trinajstić information content (AvgIpc) is 3.25. The number of ether oxygens (including phenoxy) is 2. The molecule has 1 aliphatic rings. The molecule has 8 heteroatoms. The minimum Gasteiger partial charge on any atom is -0.467 e. The topological polar surface area (TPSA) is 76.7 Å². The van der Waals surface area contributed by atoms with Gasteiger partial charge in [-0.1, -0.05) is 6.07 Å². The Labute approximate surface area is 147 Å². The van der Waals surface area contributed by atoms with Gasteiger partial charge >= 0.3 is 11.9 Å². The maximum Gasteiger partial charge on any atom is 0.355 e. The second-order valence-electron chi connectivity index (χ2n) is 5.15. The third-order valence-electron chi connectivity index (χ3n) is 3.80. The lowest BCUT2D eigenvalue weighted by atomic mass is 9.87. The molecule has 2 aromatic rings. The summed E-state index contributed by atoms with van der Waals surface area (Å²) >= 11 is 3.00. The van der Waals surface area contributed by atoms with Gasteiger partial charge in [0.1, 0.15) is 5.70 Å². The third-order valence-corrected chi connectivity index (χ3v) is 5.54. The zero-order chi connectivity index (χ0) is 17.2. The van der Waals surface area contributed by atoms with Gasteiger partial charge in [-0.3, -0.25) is 0 Å². The Morgan fingerprint density at radius 3 is 2.67 bits per heavy atom. The SMILES string of the molecule is COC(=O)C1=Cc2sccc2C(Cc2cccs2)(C(=O)OC)NN1. The molecular formula is C16H16N2O4S2. The van der Waals surface area contributed by atoms with E-state index in [0.29, 0.717) is 6.42 Å². The van der Waals surface area contributed by atoms with Crippen molar-refractivity contribution in [1.29, 1.82) is 0 Å². The van der Waals surface area contributed by atoms with Gasteiger partial charge in [0.25, 0.3) is 0 Å². The normalized spacial score (nSPS) is 19.5. The standard InChI is InChI=1S/C16H16N2O4S2/c1-21-14(19)12-8-13-11(5-7-24-13)16(18-17-12,15(20)22-2)9-10-4-3-6-23-10/h3-8,17-18H,9H2,1-2H3. The molecule has 3 rings (SSSR count). The molecule has 0 fully saturated rings. The van der Waals surface area contributed by atoms with E-state index in [-0.39, 0.29) is 5.70 Å². The molecule has 0 saturated carbocycles. The Kier molecular flexibility index (Phi) is 4.70. The number of esters is 2. The minimum atomic E-state index is -1.14. The van der Waals surface area contributed by atoms with Crippen LogP contribution in [0, 0.1) is 0 Å². The van der Waals surface area contributed by atoms with Crippen LogP contribution in [0.15, 0.2) is 34.7 Å². The number of hydrazine groups is 1. The first-order valence-electron chi connectivity index (χ1n) is 7.12. The summed E-state index contributed by atoms with van der Waals surface area (Å²) in [5, 5.41) is 3.84. The van der Waals surface area contributed by atoms with Gasteiger partial charge in [0.2, 0.25) is 0 Å². The second kappa shape index (κ2) is 6.76. The van der Waals surface area contributed by atoms with E-state index < -0.39 is 17.5 Å². The molecule has 1 aliphatic heterocycles. The Morgan fingerprint density at radius 2 is 2.00 bits per heavy atom. The molecule has 0 aliphatic carbocycles. The summed E-state index contributed by atoms with van der Waals surface area (Å²) in [6.07, 6.45) is 2.08. The molecule has 0 amide bonds. The van der Waals surface area contributed by atoms with E-state index in [2.05, 4.69) is 10.9 Å². The summed E-state index contributed by atoms with van der Waals surface area (Å²) in [5.74, 6) is -0.943. The lowest BCUT2D eigenvalue weighted by Crippen LogP contribution is -2.56. The van der Waals surface area contributed by atoms with Crippen LogP contribution in [0.25, 0.3) is 6.08 Å². The summed E-state index contributed by atoms with van der Waals surface area (Å²) in [6, 6.07) is 5.76. The van der Waals surface area contributed by atoms with Crippen LogP contribution in [0.3, 0.4) is 0 Å². The quantitative estimate of drug-likeness (QED) is 0.809. The highest BCUT2D eigenvalue weighted by molar-refractivity contribution is 7.11. The van der Waals surface area contributed by atoms with E-state index in [4.69, 9.17) is 9.47 Å². The highest BCUT2D eigenvalue weighted by atomic mass is 32.1. The lowest BCUT2D eigenvalue weighted by Gasteiger charge is -2.31. The zero-order valence-electron chi connectivity index (χ0n) is 13.1. The number of nitrogens with one attached hydrogen (secondary N) is 2. The summed E-state index contributed by atoms with van der Waals surface area (Å²) < 4.78 is 9.85. The van der Waals surface area contributed by atoms with Crippen LogP contribution < -0.4 is 10.9 Å². The van der Waals surface area contributed by atoms with Gasteiger partial charge in [0, 0.05) is 21.7 Å². The van der Waals surface area contributed by atoms with Crippen LogP contribution in [-0.2, 0) is 31.0 Å². The van der Waals surface area contributed by atoms with Gasteiger partial charge in [-0.2, -0.15) is 0 Å². The number of hydrogen-bond donors (Lipinski definition) is 2. The highest BCUT2D eigenvalue weighted by Gasteiger charge is 2.45. The van der Waals surface area contributed by atoms with Gasteiger partial charge in [-0.25, -0.2) is 15.0 Å². The number of hydrogen-bond acceptors (Lipinski definition) is 8. The van der Waals surface area contributed by atoms with Crippen LogP contribution in [0.4, 0.5) is 0 Å². The molecule has 1 unspecified atom stereocenters. The molecule has 3 heterocycles. The minimum absolute atomic E-state index is 0.234. The fourth-order valence-electron chi connectivity index (χ4n) is 2.64. The van der Waals surface area contributed by atoms with E-state index in [1.54, 1.807) is 17.4 Å². The predicted octanol–water partition coefficient (Wildman–Crippen LogP) is 2.04. The van der Waals surface area contributed by atoms with Crippen LogP contribution in [-0.4, -0.2) is 26.2 Å². The smallest absolute Gasteiger partial charge is 0.355 e. The second-order valence-corrected chi connectivity index (χ2v) is 7.13. The maximum atomic E-state index is 12.7. The predicted molar refractivity (Wildman–Crippen MR) is 92.3 cm³/mol. The van der Waals surface area contributed by atoms with Crippen molar-refractivity contribution in [2.75, 3.05) is 14.2 Å². The monoisotopic (exact) mass is 364 g/mol. The average molecular weight is 364 g/mol. The summed E-state index contributed by atoms with van der Waals surface area (Å²) in [6.45, 7) is 0. The van der Waals surface area contributed by atoms with Crippen LogP contribution in [0.1, 0.15) is 15.3 Å². The highest BCUT2D eigenvalue weighted by Crippen LogP contribution is 2.36. The van der Waals surface area contributed by atoms with Gasteiger partial charge in [-0.05, 0) is 29.0 Å². The molecule has 1 atom stereocenters. The van der Waals surface area contributed by atoms with Crippen molar-refractivity contribution in [3.63, 3.8) is 0 Å². The van der Waals surface area contributed by atoms with E-state index in [9.17, 15) is 9.59 Å². The van der Waals surface area contributed by atoms with Gasteiger partial charge in [0.05, 0.1) is 14.2 Å². The van der Waals surface area contributed by atoms with E-state index in [1.807, 2.05) is 29.0 Å². The summed E-state index contributed by atoms with van der Waals surface area (Å²) in [5.41, 5.74) is 5.70. The summed E-state index contributed by atoms with van der Waals surface area (Å²) in [7, 11) is 2.66. The van der Waals surface area contributed by atoms with E-state index in [0.717, 1.165) is 15.3 Å². The van der Waals surface area contributed by atoms with Crippen LogP contribution in [0.2, 0.25) is 0 Å². The maximum absolute atomic E-state index is 12.7. The number of thiophene rings is 2. The molecular weight excluding hydrogens is 348 g/mol. The Bertz CT molecular complexity index is 782. The first-order chi connectivity index (χ1) is 11.6. The van der Waals surface area contributed by atoms with Crippen LogP contribution >= 0.6 is 22.7 Å². The number of methoxy groups -OCH3 is 2. The summed E-state index contributed by atoms with van der Waals surface area (Å²) in [4.78, 5) is 26.5. The van der Waals surface area contributed by atoms with Crippen molar-refractivity contribution in [2.24, 2.45) is 0 Å². The van der Waals surface area contributed by atoms with Crippen molar-refractivity contribution in [1.82, 2.24) is 10.9 Å².